The molecule has 0 aliphatic carbocycles. The van der Waals surface area contributed by atoms with E-state index in [9.17, 15) is 0 Å². The van der Waals surface area contributed by atoms with Gasteiger partial charge in [-0.15, -0.1) is 5.10 Å². The SMILES string of the molecule is [C-]#[N+]c1ccc2c(c1)nnn2Cc1ccccc1. The first kappa shape index (κ1) is 10.5. The van der Waals surface area contributed by atoms with Crippen LogP contribution in [0.2, 0.25) is 0 Å². The third-order valence-corrected chi connectivity index (χ3v) is 2.80. The predicted octanol–water partition coefficient (Wildman–Crippen LogP) is 3.03. The number of benzene rings is 2. The van der Waals surface area contributed by atoms with E-state index < -0.39 is 0 Å². The van der Waals surface area contributed by atoms with Crippen molar-refractivity contribution in [2.45, 2.75) is 6.54 Å². The third-order valence-electron chi connectivity index (χ3n) is 2.80. The molecule has 0 unspecified atom stereocenters. The molecule has 0 amide bonds. The van der Waals surface area contributed by atoms with Crippen molar-refractivity contribution in [3.8, 4) is 0 Å². The fourth-order valence-corrected chi connectivity index (χ4v) is 1.90. The highest BCUT2D eigenvalue weighted by molar-refractivity contribution is 5.78. The van der Waals surface area contributed by atoms with Crippen molar-refractivity contribution >= 4 is 16.7 Å². The highest BCUT2D eigenvalue weighted by Crippen LogP contribution is 2.19. The van der Waals surface area contributed by atoms with Crippen LogP contribution in [0.3, 0.4) is 0 Å². The number of nitrogens with zero attached hydrogens (tertiary/aromatic N) is 4. The van der Waals surface area contributed by atoms with Gasteiger partial charge in [-0.05, 0) is 17.7 Å². The topological polar surface area (TPSA) is 35.1 Å². The van der Waals surface area contributed by atoms with Gasteiger partial charge in [-0.1, -0.05) is 41.6 Å². The van der Waals surface area contributed by atoms with E-state index in [0.717, 1.165) is 11.0 Å². The van der Waals surface area contributed by atoms with Crippen LogP contribution in [-0.2, 0) is 6.54 Å². The first-order valence-corrected chi connectivity index (χ1v) is 5.61. The van der Waals surface area contributed by atoms with Crippen LogP contribution in [-0.4, -0.2) is 15.0 Å². The average Bonchev–Trinajstić information content (AvgIpc) is 2.82. The summed E-state index contributed by atoms with van der Waals surface area (Å²) in [5.74, 6) is 0. The molecule has 0 saturated heterocycles. The molecule has 3 rings (SSSR count). The monoisotopic (exact) mass is 234 g/mol. The van der Waals surface area contributed by atoms with Crippen LogP contribution in [0.15, 0.2) is 48.5 Å². The molecule has 0 atom stereocenters. The van der Waals surface area contributed by atoms with Gasteiger partial charge in [-0.25, -0.2) is 9.53 Å². The molecular weight excluding hydrogens is 224 g/mol. The smallest absolute Gasteiger partial charge is 0.189 e. The number of rotatable bonds is 2. The van der Waals surface area contributed by atoms with E-state index in [1.165, 1.54) is 5.56 Å². The highest BCUT2D eigenvalue weighted by atomic mass is 15.4. The molecule has 86 valence electrons. The lowest BCUT2D eigenvalue weighted by molar-refractivity contribution is 0.670. The summed E-state index contributed by atoms with van der Waals surface area (Å²) in [6.07, 6.45) is 0. The molecular formula is C14H10N4. The van der Waals surface area contributed by atoms with Crippen molar-refractivity contribution in [2.75, 3.05) is 0 Å². The van der Waals surface area contributed by atoms with E-state index in [1.807, 2.05) is 28.9 Å². The number of aromatic nitrogens is 3. The molecule has 0 radical (unpaired) electrons. The first-order chi connectivity index (χ1) is 8.86. The van der Waals surface area contributed by atoms with E-state index in [1.54, 1.807) is 12.1 Å². The van der Waals surface area contributed by atoms with Crippen LogP contribution < -0.4 is 0 Å². The van der Waals surface area contributed by atoms with Crippen LogP contribution >= 0.6 is 0 Å². The Morgan fingerprint density at radius 2 is 1.94 bits per heavy atom. The second kappa shape index (κ2) is 4.30. The fourth-order valence-electron chi connectivity index (χ4n) is 1.90. The highest BCUT2D eigenvalue weighted by Gasteiger charge is 2.05. The number of hydrogen-bond acceptors (Lipinski definition) is 2. The fraction of sp³-hybridized carbons (Fsp3) is 0.0714. The normalized spacial score (nSPS) is 10.4. The second-order valence-electron chi connectivity index (χ2n) is 4.02. The molecule has 1 aromatic heterocycles. The predicted molar refractivity (Wildman–Crippen MR) is 69.3 cm³/mol. The summed E-state index contributed by atoms with van der Waals surface area (Å²) in [6, 6.07) is 15.6. The minimum absolute atomic E-state index is 0.592. The molecule has 0 bridgehead atoms. The Hall–Kier alpha value is -2.67. The maximum Gasteiger partial charge on any atom is 0.189 e. The quantitative estimate of drug-likeness (QED) is 0.639. The van der Waals surface area contributed by atoms with Gasteiger partial charge in [0.2, 0.25) is 0 Å². The average molecular weight is 234 g/mol. The Morgan fingerprint density at radius 1 is 1.11 bits per heavy atom. The van der Waals surface area contributed by atoms with Crippen molar-refractivity contribution in [3.63, 3.8) is 0 Å². The van der Waals surface area contributed by atoms with Gasteiger partial charge in [-0.3, -0.25) is 0 Å². The van der Waals surface area contributed by atoms with Crippen molar-refractivity contribution in [1.82, 2.24) is 15.0 Å². The molecule has 3 aromatic rings. The van der Waals surface area contributed by atoms with Gasteiger partial charge in [0.25, 0.3) is 0 Å². The summed E-state index contributed by atoms with van der Waals surface area (Å²) in [4.78, 5) is 3.39. The molecule has 4 heteroatoms. The van der Waals surface area contributed by atoms with Gasteiger partial charge in [0.1, 0.15) is 5.52 Å². The summed E-state index contributed by atoms with van der Waals surface area (Å²) in [6.45, 7) is 7.66. The second-order valence-corrected chi connectivity index (χ2v) is 4.02. The van der Waals surface area contributed by atoms with Gasteiger partial charge in [0.15, 0.2) is 5.69 Å². The van der Waals surface area contributed by atoms with Crippen LogP contribution in [0, 0.1) is 6.57 Å². The van der Waals surface area contributed by atoms with E-state index >= 15 is 0 Å². The van der Waals surface area contributed by atoms with Crippen LogP contribution in [0.1, 0.15) is 5.56 Å². The minimum atomic E-state index is 0.592. The van der Waals surface area contributed by atoms with E-state index in [4.69, 9.17) is 6.57 Å². The van der Waals surface area contributed by atoms with E-state index in [-0.39, 0.29) is 0 Å². The Balaban J connectivity index is 2.01. The largest absolute Gasteiger partial charge is 0.240 e. The molecule has 0 saturated carbocycles. The molecule has 0 fully saturated rings. The lowest BCUT2D eigenvalue weighted by Crippen LogP contribution is -2.01. The van der Waals surface area contributed by atoms with Gasteiger partial charge >= 0.3 is 0 Å². The van der Waals surface area contributed by atoms with Gasteiger partial charge in [-0.2, -0.15) is 0 Å². The van der Waals surface area contributed by atoms with Crippen molar-refractivity contribution in [2.24, 2.45) is 0 Å². The Morgan fingerprint density at radius 3 is 2.72 bits per heavy atom. The standard InChI is InChI=1S/C14H10N4/c1-15-12-7-8-14-13(9-12)16-17-18(14)10-11-5-3-2-4-6-11/h2-9H,10H2. The zero-order valence-electron chi connectivity index (χ0n) is 9.61. The Bertz CT molecular complexity index is 722. The molecule has 4 nitrogen and oxygen atoms in total. The van der Waals surface area contributed by atoms with Gasteiger partial charge < -0.3 is 0 Å². The molecule has 18 heavy (non-hydrogen) atoms. The summed E-state index contributed by atoms with van der Waals surface area (Å²) in [5, 5.41) is 8.22. The van der Waals surface area contributed by atoms with E-state index in [0.29, 0.717) is 12.2 Å². The van der Waals surface area contributed by atoms with Gasteiger partial charge in [0, 0.05) is 0 Å². The third kappa shape index (κ3) is 1.82. The summed E-state index contributed by atoms with van der Waals surface area (Å²) in [5.41, 5.74) is 3.48. The Labute approximate surface area is 104 Å². The lowest BCUT2D eigenvalue weighted by atomic mass is 10.2. The maximum absolute atomic E-state index is 6.98. The van der Waals surface area contributed by atoms with Crippen LogP contribution in [0.5, 0.6) is 0 Å². The lowest BCUT2D eigenvalue weighted by Gasteiger charge is -2.02. The Kier molecular flexibility index (Phi) is 2.50. The molecule has 0 N–H and O–H groups in total. The molecule has 0 aliphatic rings. The van der Waals surface area contributed by atoms with Crippen LogP contribution in [0.25, 0.3) is 15.9 Å². The van der Waals surface area contributed by atoms with Crippen molar-refractivity contribution in [1.29, 1.82) is 0 Å². The molecule has 0 aliphatic heterocycles. The number of hydrogen-bond donors (Lipinski definition) is 0. The summed E-state index contributed by atoms with van der Waals surface area (Å²) < 4.78 is 1.85. The first-order valence-electron chi connectivity index (χ1n) is 5.61. The maximum atomic E-state index is 6.98. The number of fused-ring (bicyclic) bond motifs is 1. The molecule has 2 aromatic carbocycles. The summed E-state index contributed by atoms with van der Waals surface area (Å²) >= 11 is 0. The molecule has 0 spiro atoms. The zero-order chi connectivity index (χ0) is 12.4. The molecule has 1 heterocycles. The van der Waals surface area contributed by atoms with Crippen molar-refractivity contribution in [3.05, 3.63) is 65.5 Å². The minimum Gasteiger partial charge on any atom is -0.240 e. The van der Waals surface area contributed by atoms with Crippen LogP contribution in [0.4, 0.5) is 5.69 Å². The van der Waals surface area contributed by atoms with E-state index in [2.05, 4.69) is 27.3 Å². The van der Waals surface area contributed by atoms with Gasteiger partial charge in [0.05, 0.1) is 18.6 Å². The zero-order valence-corrected chi connectivity index (χ0v) is 9.61. The summed E-state index contributed by atoms with van der Waals surface area (Å²) in [7, 11) is 0. The van der Waals surface area contributed by atoms with Crippen molar-refractivity contribution < 1.29 is 0 Å².